The number of hydrogen-bond donors (Lipinski definition) is 0. The van der Waals surface area contributed by atoms with Gasteiger partial charge >= 0.3 is 9.28 Å². The highest BCUT2D eigenvalue weighted by atomic mass is 28.3. The fourth-order valence-electron chi connectivity index (χ4n) is 1.74. The molecule has 0 saturated heterocycles. The number of benzene rings is 2. The Bertz CT molecular complexity index is 666. The van der Waals surface area contributed by atoms with Gasteiger partial charge in [-0.2, -0.15) is 10.5 Å². The second kappa shape index (κ2) is 7.68. The van der Waals surface area contributed by atoms with Crippen LogP contribution in [0.25, 0.3) is 0 Å². The van der Waals surface area contributed by atoms with Crippen molar-refractivity contribution in [2.45, 2.75) is 6.92 Å². The van der Waals surface area contributed by atoms with E-state index in [-0.39, 0.29) is 0 Å². The van der Waals surface area contributed by atoms with E-state index in [0.29, 0.717) is 22.6 Å². The van der Waals surface area contributed by atoms with Gasteiger partial charge in [0.05, 0.1) is 23.3 Å². The molecule has 0 aliphatic rings. The third-order valence-corrected chi connectivity index (χ3v) is 4.53. The van der Waals surface area contributed by atoms with Crippen LogP contribution in [0.3, 0.4) is 0 Å². The Labute approximate surface area is 131 Å². The monoisotopic (exact) mass is 306 g/mol. The van der Waals surface area contributed by atoms with Crippen molar-refractivity contribution in [1.82, 2.24) is 0 Å². The number of allylic oxidation sites excluding steroid dienone is 1. The summed E-state index contributed by atoms with van der Waals surface area (Å²) in [6.07, 6.45) is 1.89. The van der Waals surface area contributed by atoms with Crippen LogP contribution in [-0.2, 0) is 0 Å². The second-order valence-electron chi connectivity index (χ2n) is 4.40. The Morgan fingerprint density at radius 1 is 0.818 bits per heavy atom. The fourth-order valence-corrected chi connectivity index (χ4v) is 3.11. The molecule has 0 saturated carbocycles. The fraction of sp³-hybridized carbons (Fsp3) is 0.0588. The summed E-state index contributed by atoms with van der Waals surface area (Å²) in [6, 6.07) is 18.0. The minimum absolute atomic E-state index is 0.588. The first-order chi connectivity index (χ1) is 10.7. The van der Waals surface area contributed by atoms with E-state index >= 15 is 0 Å². The van der Waals surface area contributed by atoms with Crippen LogP contribution in [0.4, 0.5) is 0 Å². The Morgan fingerprint density at radius 3 is 1.55 bits per heavy atom. The lowest BCUT2D eigenvalue weighted by Gasteiger charge is -2.16. The van der Waals surface area contributed by atoms with Crippen LogP contribution in [0.1, 0.15) is 18.1 Å². The summed E-state index contributed by atoms with van der Waals surface area (Å²) in [5, 5.41) is 17.6. The quantitative estimate of drug-likeness (QED) is 0.795. The van der Waals surface area contributed by atoms with Crippen LogP contribution < -0.4 is 8.85 Å². The van der Waals surface area contributed by atoms with E-state index in [2.05, 4.69) is 12.1 Å². The van der Waals surface area contributed by atoms with Gasteiger partial charge in [0.25, 0.3) is 0 Å². The number of nitriles is 2. The Kier molecular flexibility index (Phi) is 5.36. The van der Waals surface area contributed by atoms with Crippen molar-refractivity contribution in [3.63, 3.8) is 0 Å². The Balaban J connectivity index is 2.08. The minimum atomic E-state index is -2.08. The first-order valence-electron chi connectivity index (χ1n) is 6.71. The maximum atomic E-state index is 8.79. The van der Waals surface area contributed by atoms with Gasteiger partial charge in [-0.3, -0.25) is 0 Å². The van der Waals surface area contributed by atoms with Gasteiger partial charge in [-0.15, -0.1) is 0 Å². The summed E-state index contributed by atoms with van der Waals surface area (Å²) >= 11 is 0. The molecule has 0 atom stereocenters. The van der Waals surface area contributed by atoms with Gasteiger partial charge in [-0.05, 0) is 61.2 Å². The van der Waals surface area contributed by atoms with Crippen molar-refractivity contribution < 1.29 is 8.85 Å². The van der Waals surface area contributed by atoms with E-state index in [0.717, 1.165) is 0 Å². The Hall–Kier alpha value is -3.02. The molecule has 0 spiro atoms. The average Bonchev–Trinajstić information content (AvgIpc) is 2.56. The van der Waals surface area contributed by atoms with Crippen molar-refractivity contribution in [2.75, 3.05) is 0 Å². The molecular weight excluding hydrogens is 292 g/mol. The molecule has 108 valence electrons. The molecule has 22 heavy (non-hydrogen) atoms. The molecule has 0 aliphatic heterocycles. The highest BCUT2D eigenvalue weighted by Gasteiger charge is 2.13. The van der Waals surface area contributed by atoms with Crippen LogP contribution in [0.5, 0.6) is 11.5 Å². The lowest BCUT2D eigenvalue weighted by Crippen LogP contribution is -2.27. The van der Waals surface area contributed by atoms with Crippen molar-refractivity contribution in [2.24, 2.45) is 0 Å². The second-order valence-corrected chi connectivity index (χ2v) is 6.00. The van der Waals surface area contributed by atoms with E-state index in [1.807, 2.05) is 18.7 Å². The molecule has 0 N–H and O–H groups in total. The Morgan fingerprint density at radius 2 is 1.23 bits per heavy atom. The summed E-state index contributed by atoms with van der Waals surface area (Å²) in [4.78, 5) is 0. The van der Waals surface area contributed by atoms with Gasteiger partial charge in [0.1, 0.15) is 11.5 Å². The highest BCUT2D eigenvalue weighted by molar-refractivity contribution is 6.52. The molecule has 0 heterocycles. The van der Waals surface area contributed by atoms with Gasteiger partial charge in [-0.1, -0.05) is 6.08 Å². The molecular formula is C17H14N2O2Si. The predicted molar refractivity (Wildman–Crippen MR) is 85.5 cm³/mol. The zero-order valence-corrected chi connectivity index (χ0v) is 13.2. The van der Waals surface area contributed by atoms with Crippen LogP contribution in [0, 0.1) is 22.7 Å². The highest BCUT2D eigenvalue weighted by Crippen LogP contribution is 2.17. The van der Waals surface area contributed by atoms with E-state index in [1.54, 1.807) is 48.5 Å². The normalized spacial score (nSPS) is 10.2. The van der Waals surface area contributed by atoms with E-state index in [4.69, 9.17) is 19.4 Å². The molecule has 2 aromatic carbocycles. The first-order valence-corrected chi connectivity index (χ1v) is 8.32. The van der Waals surface area contributed by atoms with Gasteiger partial charge in [0.15, 0.2) is 0 Å². The molecule has 0 unspecified atom stereocenters. The lowest BCUT2D eigenvalue weighted by atomic mass is 10.2. The number of rotatable bonds is 5. The third kappa shape index (κ3) is 4.24. The molecule has 2 rings (SSSR count). The summed E-state index contributed by atoms with van der Waals surface area (Å²) in [5.41, 5.74) is 3.09. The maximum absolute atomic E-state index is 8.79. The van der Waals surface area contributed by atoms with Crippen molar-refractivity contribution in [1.29, 1.82) is 10.5 Å². The van der Waals surface area contributed by atoms with Crippen LogP contribution >= 0.6 is 0 Å². The van der Waals surface area contributed by atoms with Crippen LogP contribution in [-0.4, -0.2) is 9.28 Å². The van der Waals surface area contributed by atoms with Gasteiger partial charge in [0.2, 0.25) is 0 Å². The van der Waals surface area contributed by atoms with Gasteiger partial charge < -0.3 is 8.85 Å². The molecule has 2 aromatic rings. The SMILES string of the molecule is CC=C[SiH](Oc1ccc(C#N)cc1)Oc1ccc(C#N)cc1. The average molecular weight is 306 g/mol. The third-order valence-electron chi connectivity index (χ3n) is 2.82. The maximum Gasteiger partial charge on any atom is 0.471 e. The van der Waals surface area contributed by atoms with Crippen LogP contribution in [0.2, 0.25) is 0 Å². The minimum Gasteiger partial charge on any atom is -0.511 e. The molecule has 5 heteroatoms. The molecule has 0 aromatic heterocycles. The van der Waals surface area contributed by atoms with Gasteiger partial charge in [-0.25, -0.2) is 0 Å². The molecule has 0 bridgehead atoms. The van der Waals surface area contributed by atoms with E-state index in [9.17, 15) is 0 Å². The summed E-state index contributed by atoms with van der Waals surface area (Å²) < 4.78 is 11.7. The van der Waals surface area contributed by atoms with Gasteiger partial charge in [0, 0.05) is 0 Å². The smallest absolute Gasteiger partial charge is 0.471 e. The lowest BCUT2D eigenvalue weighted by molar-refractivity contribution is 0.437. The molecule has 0 amide bonds. The topological polar surface area (TPSA) is 66.0 Å². The predicted octanol–water partition coefficient (Wildman–Crippen LogP) is 3.22. The van der Waals surface area contributed by atoms with Crippen molar-refractivity contribution in [3.8, 4) is 23.6 Å². The molecule has 0 radical (unpaired) electrons. The number of hydrogen-bond acceptors (Lipinski definition) is 4. The summed E-state index contributed by atoms with van der Waals surface area (Å²) in [7, 11) is -2.08. The zero-order valence-electron chi connectivity index (χ0n) is 12.1. The number of nitrogens with zero attached hydrogens (tertiary/aromatic N) is 2. The van der Waals surface area contributed by atoms with E-state index < -0.39 is 9.28 Å². The van der Waals surface area contributed by atoms with Crippen LogP contribution in [0.15, 0.2) is 60.3 Å². The first kappa shape index (κ1) is 15.4. The molecule has 0 aliphatic carbocycles. The standard InChI is InChI=1S/C17H14N2O2Si/c1-2-11-22(20-16-7-3-14(12-18)4-8-16)21-17-9-5-15(13-19)6-10-17/h2-11,22H,1H3. The molecule has 4 nitrogen and oxygen atoms in total. The summed E-state index contributed by atoms with van der Waals surface area (Å²) in [5.74, 6) is 1.34. The van der Waals surface area contributed by atoms with Crippen molar-refractivity contribution >= 4 is 9.28 Å². The largest absolute Gasteiger partial charge is 0.511 e. The zero-order chi connectivity index (χ0) is 15.8. The molecule has 0 fully saturated rings. The summed E-state index contributed by atoms with van der Waals surface area (Å²) in [6.45, 7) is 1.91. The van der Waals surface area contributed by atoms with E-state index in [1.165, 1.54) is 0 Å². The van der Waals surface area contributed by atoms with Crippen molar-refractivity contribution in [3.05, 3.63) is 71.4 Å².